The summed E-state index contributed by atoms with van der Waals surface area (Å²) in [6.45, 7) is 0. The molecule has 2 aliphatic heterocycles. The molecule has 8 aromatic carbocycles. The van der Waals surface area contributed by atoms with Crippen LogP contribution in [0.15, 0.2) is 170 Å². The number of hydrogen-bond donors (Lipinski definition) is 2. The molecule has 0 fully saturated rings. The van der Waals surface area contributed by atoms with Crippen molar-refractivity contribution in [3.05, 3.63) is 170 Å². The Labute approximate surface area is 487 Å². The van der Waals surface area contributed by atoms with Crippen molar-refractivity contribution in [2.75, 3.05) is 84.6 Å². The summed E-state index contributed by atoms with van der Waals surface area (Å²) in [5.41, 5.74) is 8.66. The first-order valence-electron chi connectivity index (χ1n) is 27.8. The third-order valence-corrected chi connectivity index (χ3v) is 15.1. The molecule has 16 nitrogen and oxygen atoms in total. The van der Waals surface area contributed by atoms with Crippen LogP contribution in [0.1, 0.15) is 0 Å². The lowest BCUT2D eigenvalue weighted by molar-refractivity contribution is 0.366. The van der Waals surface area contributed by atoms with Gasteiger partial charge in [-0.3, -0.25) is 17.9 Å². The monoisotopic (exact) mass is 1110 g/mol. The highest BCUT2D eigenvalue weighted by molar-refractivity contribution is 6.07. The molecule has 0 saturated carbocycles. The minimum Gasteiger partial charge on any atom is -0.452 e. The summed E-state index contributed by atoms with van der Waals surface area (Å²) in [5, 5.41) is 3.25. The quantitative estimate of drug-likeness (QED) is 0.113. The molecule has 2 N–H and O–H groups in total. The molecule has 11 aromatic rings. The number of aromatic amines is 2. The minimum atomic E-state index is 0.203. The summed E-state index contributed by atoms with van der Waals surface area (Å²) in [7, 11) is 25.4. The number of fused-ring (bicyclic) bond motifs is 20. The number of ether oxygens (including phenoxy) is 4. The number of quaternary nitrogens is 4. The van der Waals surface area contributed by atoms with Gasteiger partial charge in [-0.1, -0.05) is 97.1 Å². The maximum Gasteiger partial charge on any atom is 0.217 e. The van der Waals surface area contributed by atoms with Gasteiger partial charge >= 0.3 is 0 Å². The Kier molecular flexibility index (Phi) is 12.7. The number of aromatic nitrogens is 8. The highest BCUT2D eigenvalue weighted by Crippen LogP contribution is 2.61. The summed E-state index contributed by atoms with van der Waals surface area (Å²) in [6, 6.07) is 56.2. The van der Waals surface area contributed by atoms with Crippen molar-refractivity contribution >= 4 is 66.9 Å². The Morgan fingerprint density at radius 3 is 0.833 bits per heavy atom. The van der Waals surface area contributed by atoms with Crippen molar-refractivity contribution in [3.8, 4) is 91.5 Å². The van der Waals surface area contributed by atoms with Crippen molar-refractivity contribution in [1.29, 1.82) is 0 Å². The number of hydrogen-bond acceptors (Lipinski definition) is 10. The van der Waals surface area contributed by atoms with E-state index in [1.165, 1.54) is 0 Å². The molecule has 16 heteroatoms. The fourth-order valence-corrected chi connectivity index (χ4v) is 10.5. The summed E-state index contributed by atoms with van der Waals surface area (Å²) < 4.78 is 32.0. The molecule has 0 spiro atoms. The van der Waals surface area contributed by atoms with Gasteiger partial charge in [-0.15, -0.1) is 0 Å². The number of rotatable bonds is 12. The second-order valence-corrected chi connectivity index (χ2v) is 24.8. The zero-order valence-corrected chi connectivity index (χ0v) is 49.3. The van der Waals surface area contributed by atoms with E-state index in [1.807, 2.05) is 146 Å². The second kappa shape index (κ2) is 20.0. The van der Waals surface area contributed by atoms with Crippen LogP contribution in [-0.2, 0) is 0 Å². The predicted octanol–water partition coefficient (Wildman–Crippen LogP) is 14.8. The molecule has 2 aliphatic rings. The van der Waals surface area contributed by atoms with Gasteiger partial charge in [0.15, 0.2) is 34.8 Å². The SMILES string of the molecule is C[N+](C)(C)c1cccc(Oc2c(Oc3cccc([N+](C)(C)C)c3)c(Oc3cccc([N+](C)(C)C)c3)c3c(c2Oc2cccc([N+](C)(C)C)c2)-c2nc-3nc3[nH]c(nc4nc(nc5[nH]c(n2)c2ccccc52)-c2ccccc2-4)c2ccccc32)c1. The van der Waals surface area contributed by atoms with Crippen LogP contribution in [0.3, 0.4) is 0 Å². The van der Waals surface area contributed by atoms with Crippen LogP contribution in [0.2, 0.25) is 0 Å². The van der Waals surface area contributed by atoms with Crippen molar-refractivity contribution in [2.24, 2.45) is 0 Å². The van der Waals surface area contributed by atoms with Gasteiger partial charge in [-0.25, -0.2) is 29.9 Å². The van der Waals surface area contributed by atoms with Gasteiger partial charge in [0.1, 0.15) is 68.3 Å². The lowest BCUT2D eigenvalue weighted by Gasteiger charge is -2.26. The summed E-state index contributed by atoms with van der Waals surface area (Å²) >= 11 is 0. The molecule has 5 heterocycles. The predicted molar refractivity (Wildman–Crippen MR) is 340 cm³/mol. The Morgan fingerprint density at radius 1 is 0.274 bits per heavy atom. The third kappa shape index (κ3) is 10.00. The van der Waals surface area contributed by atoms with Gasteiger partial charge in [0, 0.05) is 56.9 Å². The topological polar surface area (TPSA) is 146 Å². The van der Waals surface area contributed by atoms with E-state index < -0.39 is 0 Å². The van der Waals surface area contributed by atoms with E-state index in [2.05, 4.69) is 119 Å². The van der Waals surface area contributed by atoms with Crippen LogP contribution in [0.25, 0.3) is 89.7 Å². The van der Waals surface area contributed by atoms with E-state index >= 15 is 0 Å². The molecule has 0 saturated heterocycles. The largest absolute Gasteiger partial charge is 0.452 e. The van der Waals surface area contributed by atoms with E-state index in [9.17, 15) is 0 Å². The minimum absolute atomic E-state index is 0.203. The van der Waals surface area contributed by atoms with Gasteiger partial charge in [-0.2, -0.15) is 0 Å². The highest BCUT2D eigenvalue weighted by Gasteiger charge is 2.39. The summed E-state index contributed by atoms with van der Waals surface area (Å²) in [4.78, 5) is 39.6. The molecule has 0 amide bonds. The highest BCUT2D eigenvalue weighted by atomic mass is 16.6. The number of H-pyrrole nitrogens is 2. The molecule has 0 unspecified atom stereocenters. The molecule has 418 valence electrons. The van der Waals surface area contributed by atoms with Crippen LogP contribution < -0.4 is 36.9 Å². The summed E-state index contributed by atoms with van der Waals surface area (Å²) in [6.07, 6.45) is 0. The summed E-state index contributed by atoms with van der Waals surface area (Å²) in [5.74, 6) is 4.53. The zero-order chi connectivity index (χ0) is 58.5. The fraction of sp³-hybridized carbons (Fsp3) is 0.176. The van der Waals surface area contributed by atoms with Crippen molar-refractivity contribution < 1.29 is 18.9 Å². The second-order valence-electron chi connectivity index (χ2n) is 24.8. The molecular formula is C68H66N12O4+4. The molecule has 8 bridgehead atoms. The van der Waals surface area contributed by atoms with Crippen molar-refractivity contribution in [2.45, 2.75) is 0 Å². The average Bonchev–Trinajstić information content (AvgIpc) is 1.94. The van der Waals surface area contributed by atoms with Gasteiger partial charge in [-0.05, 0) is 48.5 Å². The lowest BCUT2D eigenvalue weighted by atomic mass is 10.0. The van der Waals surface area contributed by atoms with Crippen LogP contribution in [-0.4, -0.2) is 124 Å². The molecule has 3 aromatic heterocycles. The first kappa shape index (κ1) is 53.5. The van der Waals surface area contributed by atoms with Gasteiger partial charge < -0.3 is 28.9 Å². The van der Waals surface area contributed by atoms with Gasteiger partial charge in [0.25, 0.3) is 0 Å². The van der Waals surface area contributed by atoms with Crippen LogP contribution in [0, 0.1) is 0 Å². The first-order valence-corrected chi connectivity index (χ1v) is 27.8. The molecule has 13 rings (SSSR count). The van der Waals surface area contributed by atoms with Gasteiger partial charge in [0.2, 0.25) is 11.5 Å². The fourth-order valence-electron chi connectivity index (χ4n) is 10.5. The van der Waals surface area contributed by atoms with E-state index in [0.29, 0.717) is 86.3 Å². The smallest absolute Gasteiger partial charge is 0.217 e. The maximum atomic E-state index is 7.50. The van der Waals surface area contributed by atoms with Gasteiger partial charge in [0.05, 0.1) is 95.7 Å². The first-order chi connectivity index (χ1) is 40.1. The Bertz CT molecular complexity index is 4350. The third-order valence-electron chi connectivity index (χ3n) is 15.1. The molecule has 0 radical (unpaired) electrons. The van der Waals surface area contributed by atoms with E-state index in [0.717, 1.165) is 55.4 Å². The standard InChI is InChI=1S/C68H66N12O4/c1-77(2,3)41-23-19-27-45(37-41)81-57-55-56(58(82-46-28-20-24-42(38-46)78(4,5)6)60(84-48-30-22-26-44(40-48)80(10,11)12)59(57)83-47-29-21-25-43(39-47)79(7,8)9)68-75-66-54-36-18-16-34-52(54)64(73-66)71-62-50-32-14-13-31-49(50)61(69-62)70-63-51-33-15-17-35-53(51)65(72-63)74-67(55)76-68/h13-40H,1-12H3,(H2,69,70,71,72,73,74,75,76)/q+4. The molecule has 84 heavy (non-hydrogen) atoms. The normalized spacial score (nSPS) is 12.5. The molecule has 0 aliphatic carbocycles. The number of nitrogens with one attached hydrogen (secondary N) is 2. The van der Waals surface area contributed by atoms with E-state index in [4.69, 9.17) is 48.9 Å². The van der Waals surface area contributed by atoms with Crippen molar-refractivity contribution in [3.63, 3.8) is 0 Å². The van der Waals surface area contributed by atoms with E-state index in [1.54, 1.807) is 0 Å². The Hall–Kier alpha value is -9.84. The lowest BCUT2D eigenvalue weighted by Crippen LogP contribution is -2.34. The maximum absolute atomic E-state index is 7.50. The zero-order valence-electron chi connectivity index (χ0n) is 49.3. The van der Waals surface area contributed by atoms with E-state index in [-0.39, 0.29) is 34.6 Å². The Balaban J connectivity index is 1.23. The molecular weight excluding hydrogens is 1050 g/mol. The van der Waals surface area contributed by atoms with Crippen LogP contribution >= 0.6 is 0 Å². The van der Waals surface area contributed by atoms with Crippen LogP contribution in [0.5, 0.6) is 46.0 Å². The number of benzene rings is 8. The van der Waals surface area contributed by atoms with Crippen LogP contribution in [0.4, 0.5) is 22.7 Å². The van der Waals surface area contributed by atoms with Crippen molar-refractivity contribution in [1.82, 2.24) is 57.8 Å². The Morgan fingerprint density at radius 2 is 0.536 bits per heavy atom. The average molecular weight is 1120 g/mol. The number of nitrogens with zero attached hydrogens (tertiary/aromatic N) is 10. The molecule has 0 atom stereocenters.